The van der Waals surface area contributed by atoms with Crippen LogP contribution in [0.2, 0.25) is 0 Å². The summed E-state index contributed by atoms with van der Waals surface area (Å²) < 4.78 is 5.65. The number of anilines is 1. The number of para-hydroxylation sites is 1. The van der Waals surface area contributed by atoms with Gasteiger partial charge in [-0.25, -0.2) is 0 Å². The maximum absolute atomic E-state index is 12.6. The van der Waals surface area contributed by atoms with Gasteiger partial charge in [-0.15, -0.1) is 0 Å². The summed E-state index contributed by atoms with van der Waals surface area (Å²) in [7, 11) is 0. The molecule has 0 radical (unpaired) electrons. The summed E-state index contributed by atoms with van der Waals surface area (Å²) in [4.78, 5) is 25.1. The van der Waals surface area contributed by atoms with E-state index in [2.05, 4.69) is 22.9 Å². The molecule has 0 aromatic heterocycles. The highest BCUT2D eigenvalue weighted by molar-refractivity contribution is 7.80. The van der Waals surface area contributed by atoms with Crippen LogP contribution in [0, 0.1) is 0 Å². The van der Waals surface area contributed by atoms with E-state index in [1.54, 1.807) is 42.5 Å². The molecule has 2 amide bonds. The van der Waals surface area contributed by atoms with Crippen molar-refractivity contribution >= 4 is 34.8 Å². The number of unbranched alkanes of at least 4 members (excludes halogenated alkanes) is 1. The van der Waals surface area contributed by atoms with Crippen molar-refractivity contribution in [2.75, 3.05) is 11.9 Å². The smallest absolute Gasteiger partial charge is 0.257 e. The number of carbonyl (C=O) groups is 2. The summed E-state index contributed by atoms with van der Waals surface area (Å²) in [6, 6.07) is 13.9. The lowest BCUT2D eigenvalue weighted by Crippen LogP contribution is -2.41. The molecule has 0 aliphatic carbocycles. The molecule has 0 fully saturated rings. The van der Waals surface area contributed by atoms with Crippen LogP contribution in [-0.4, -0.2) is 29.1 Å². The van der Waals surface area contributed by atoms with E-state index in [9.17, 15) is 9.59 Å². The first-order chi connectivity index (χ1) is 14.2. The fourth-order valence-corrected chi connectivity index (χ4v) is 2.79. The van der Waals surface area contributed by atoms with Crippen molar-refractivity contribution in [2.24, 2.45) is 0 Å². The monoisotopic (exact) mass is 427 g/mol. The number of hydrogen-bond donors (Lipinski definition) is 3. The van der Waals surface area contributed by atoms with Crippen LogP contribution in [-0.2, 0) is 0 Å². The molecule has 0 bridgehead atoms. The lowest BCUT2D eigenvalue weighted by atomic mass is 10.1. The van der Waals surface area contributed by atoms with Crippen molar-refractivity contribution in [3.8, 4) is 5.75 Å². The first-order valence-electron chi connectivity index (χ1n) is 9.96. The predicted octanol–water partition coefficient (Wildman–Crippen LogP) is 4.52. The number of hydrogen-bond acceptors (Lipinski definition) is 4. The van der Waals surface area contributed by atoms with Crippen LogP contribution in [0.15, 0.2) is 48.5 Å². The highest BCUT2D eigenvalue weighted by Gasteiger charge is 2.18. The Balaban J connectivity index is 2.03. The van der Waals surface area contributed by atoms with Crippen molar-refractivity contribution in [3.63, 3.8) is 0 Å². The van der Waals surface area contributed by atoms with Gasteiger partial charge in [-0.05, 0) is 69.7 Å². The van der Waals surface area contributed by atoms with Crippen LogP contribution in [0.5, 0.6) is 5.75 Å². The van der Waals surface area contributed by atoms with Crippen LogP contribution in [0.3, 0.4) is 0 Å². The Bertz CT molecular complexity index is 907. The van der Waals surface area contributed by atoms with Gasteiger partial charge in [0.25, 0.3) is 11.8 Å². The summed E-state index contributed by atoms with van der Waals surface area (Å²) in [5.74, 6) is 0.0564. The van der Waals surface area contributed by atoms with E-state index in [-0.39, 0.29) is 22.5 Å². The number of amides is 2. The first kappa shape index (κ1) is 23.3. The molecule has 30 heavy (non-hydrogen) atoms. The van der Waals surface area contributed by atoms with Crippen molar-refractivity contribution in [3.05, 3.63) is 59.7 Å². The average Bonchev–Trinajstić information content (AvgIpc) is 2.67. The van der Waals surface area contributed by atoms with Crippen molar-refractivity contribution in [1.29, 1.82) is 0 Å². The molecule has 0 spiro atoms. The van der Waals surface area contributed by atoms with E-state index in [1.165, 1.54) is 0 Å². The van der Waals surface area contributed by atoms with Gasteiger partial charge in [-0.1, -0.05) is 31.5 Å². The SMILES string of the molecule is CCCCOc1cccc(C(=O)NC(=S)Nc2ccccc2C(=O)NC(C)(C)C)c1. The van der Waals surface area contributed by atoms with Gasteiger partial charge in [0.15, 0.2) is 5.11 Å². The predicted molar refractivity (Wildman–Crippen MR) is 124 cm³/mol. The molecule has 0 saturated heterocycles. The molecule has 0 atom stereocenters. The summed E-state index contributed by atoms with van der Waals surface area (Å²) in [6.45, 7) is 8.42. The highest BCUT2D eigenvalue weighted by Crippen LogP contribution is 2.17. The van der Waals surface area contributed by atoms with Gasteiger partial charge in [0.1, 0.15) is 5.75 Å². The highest BCUT2D eigenvalue weighted by atomic mass is 32.1. The Morgan fingerprint density at radius 2 is 1.77 bits per heavy atom. The number of carbonyl (C=O) groups excluding carboxylic acids is 2. The third kappa shape index (κ3) is 7.48. The Morgan fingerprint density at radius 3 is 2.47 bits per heavy atom. The maximum Gasteiger partial charge on any atom is 0.257 e. The first-order valence-corrected chi connectivity index (χ1v) is 10.4. The lowest BCUT2D eigenvalue weighted by Gasteiger charge is -2.21. The fraction of sp³-hybridized carbons (Fsp3) is 0.348. The fourth-order valence-electron chi connectivity index (χ4n) is 2.59. The van der Waals surface area contributed by atoms with Gasteiger partial charge in [0.2, 0.25) is 0 Å². The van der Waals surface area contributed by atoms with E-state index in [1.807, 2.05) is 26.8 Å². The van der Waals surface area contributed by atoms with E-state index < -0.39 is 0 Å². The Labute approximate surface area is 183 Å². The molecule has 2 rings (SSSR count). The average molecular weight is 428 g/mol. The second-order valence-corrected chi connectivity index (χ2v) is 8.30. The zero-order valence-corrected chi connectivity index (χ0v) is 18.7. The zero-order valence-electron chi connectivity index (χ0n) is 17.9. The topological polar surface area (TPSA) is 79.5 Å². The molecule has 0 aliphatic heterocycles. The van der Waals surface area contributed by atoms with Crippen LogP contribution in [0.1, 0.15) is 61.3 Å². The molecular formula is C23H29N3O3S. The van der Waals surface area contributed by atoms with E-state index in [4.69, 9.17) is 17.0 Å². The molecule has 2 aromatic carbocycles. The standard InChI is InChI=1S/C23H29N3O3S/c1-5-6-14-29-17-11-9-10-16(15-17)20(27)25-22(30)24-19-13-8-7-12-18(19)21(28)26-23(2,3)4/h7-13,15H,5-6,14H2,1-4H3,(H,26,28)(H2,24,25,27,30). The number of benzene rings is 2. The summed E-state index contributed by atoms with van der Waals surface area (Å²) in [6.07, 6.45) is 1.99. The van der Waals surface area contributed by atoms with Crippen LogP contribution >= 0.6 is 12.2 Å². The second kappa shape index (κ2) is 10.7. The molecule has 3 N–H and O–H groups in total. The molecule has 0 unspecified atom stereocenters. The van der Waals surface area contributed by atoms with Gasteiger partial charge >= 0.3 is 0 Å². The van der Waals surface area contributed by atoms with Crippen molar-refractivity contribution in [2.45, 2.75) is 46.1 Å². The van der Waals surface area contributed by atoms with Gasteiger partial charge in [0.05, 0.1) is 17.9 Å². The molecule has 0 heterocycles. The number of nitrogens with one attached hydrogen (secondary N) is 3. The minimum absolute atomic E-state index is 0.105. The minimum atomic E-state index is -0.372. The second-order valence-electron chi connectivity index (χ2n) is 7.89. The summed E-state index contributed by atoms with van der Waals surface area (Å²) in [5, 5.41) is 8.61. The molecule has 160 valence electrons. The van der Waals surface area contributed by atoms with Crippen molar-refractivity contribution in [1.82, 2.24) is 10.6 Å². The Kier molecular flexibility index (Phi) is 8.35. The normalized spacial score (nSPS) is 10.8. The maximum atomic E-state index is 12.6. The van der Waals surface area contributed by atoms with Crippen LogP contribution in [0.25, 0.3) is 0 Å². The summed E-state index contributed by atoms with van der Waals surface area (Å²) >= 11 is 5.28. The third-order valence-electron chi connectivity index (χ3n) is 4.00. The van der Waals surface area contributed by atoms with Crippen molar-refractivity contribution < 1.29 is 14.3 Å². The quantitative estimate of drug-likeness (QED) is 0.447. The van der Waals surface area contributed by atoms with Gasteiger partial charge in [-0.3, -0.25) is 14.9 Å². The van der Waals surface area contributed by atoms with Gasteiger partial charge in [-0.2, -0.15) is 0 Å². The summed E-state index contributed by atoms with van der Waals surface area (Å²) in [5.41, 5.74) is 1.02. The molecule has 6 nitrogen and oxygen atoms in total. The third-order valence-corrected chi connectivity index (χ3v) is 4.20. The van der Waals surface area contributed by atoms with Gasteiger partial charge < -0.3 is 15.4 Å². The van der Waals surface area contributed by atoms with E-state index >= 15 is 0 Å². The Morgan fingerprint density at radius 1 is 1.03 bits per heavy atom. The minimum Gasteiger partial charge on any atom is -0.494 e. The number of thiocarbonyl (C=S) groups is 1. The lowest BCUT2D eigenvalue weighted by molar-refractivity contribution is 0.0919. The molecular weight excluding hydrogens is 398 g/mol. The van der Waals surface area contributed by atoms with Crippen LogP contribution in [0.4, 0.5) is 5.69 Å². The number of ether oxygens (including phenoxy) is 1. The van der Waals surface area contributed by atoms with E-state index in [0.29, 0.717) is 29.2 Å². The number of rotatable bonds is 7. The van der Waals surface area contributed by atoms with Gasteiger partial charge in [0, 0.05) is 11.1 Å². The Hall–Kier alpha value is -2.93. The largest absolute Gasteiger partial charge is 0.494 e. The molecule has 7 heteroatoms. The molecule has 2 aromatic rings. The molecule has 0 saturated carbocycles. The van der Waals surface area contributed by atoms with Crippen LogP contribution < -0.4 is 20.7 Å². The molecule has 0 aliphatic rings. The van der Waals surface area contributed by atoms with E-state index in [0.717, 1.165) is 12.8 Å². The zero-order chi connectivity index (χ0) is 22.1.